The average molecular weight is 328 g/mol. The van der Waals surface area contributed by atoms with E-state index in [-0.39, 0.29) is 5.91 Å². The number of hydrogen-bond donors (Lipinski definition) is 1. The summed E-state index contributed by atoms with van der Waals surface area (Å²) in [5, 5.41) is 7.01. The third-order valence-corrected chi connectivity index (χ3v) is 4.18. The van der Waals surface area contributed by atoms with Crippen LogP contribution >= 0.6 is 0 Å². The largest absolute Gasteiger partial charge is 0.341 e. The van der Waals surface area contributed by atoms with Crippen LogP contribution in [0.2, 0.25) is 0 Å². The standard InChI is InChI=1S/C17H24N6O/c1-3-23-12-14(11-18-23)20-16(24)15-10-13(2)19-17(21-15)22-8-6-4-5-7-9-22/h10-12H,3-9H2,1-2H3,(H,20,24). The number of aromatic nitrogens is 4. The Morgan fingerprint density at radius 1 is 1.21 bits per heavy atom. The molecule has 1 aliphatic heterocycles. The third kappa shape index (κ3) is 3.90. The number of anilines is 2. The number of amides is 1. The molecule has 0 unspecified atom stereocenters. The zero-order valence-corrected chi connectivity index (χ0v) is 14.3. The fourth-order valence-electron chi connectivity index (χ4n) is 2.88. The summed E-state index contributed by atoms with van der Waals surface area (Å²) in [7, 11) is 0. The molecular formula is C17H24N6O. The molecule has 0 bridgehead atoms. The first-order valence-electron chi connectivity index (χ1n) is 8.60. The Morgan fingerprint density at radius 2 is 1.96 bits per heavy atom. The van der Waals surface area contributed by atoms with E-state index in [0.29, 0.717) is 17.3 Å². The lowest BCUT2D eigenvalue weighted by molar-refractivity contribution is 0.102. The van der Waals surface area contributed by atoms with Gasteiger partial charge in [-0.05, 0) is 32.8 Å². The maximum atomic E-state index is 12.5. The lowest BCUT2D eigenvalue weighted by atomic mass is 10.2. The fourth-order valence-corrected chi connectivity index (χ4v) is 2.88. The molecule has 1 fully saturated rings. The summed E-state index contributed by atoms with van der Waals surface area (Å²) in [6, 6.07) is 1.72. The van der Waals surface area contributed by atoms with Crippen LogP contribution < -0.4 is 10.2 Å². The van der Waals surface area contributed by atoms with Gasteiger partial charge in [0.15, 0.2) is 0 Å². The summed E-state index contributed by atoms with van der Waals surface area (Å²) >= 11 is 0. The van der Waals surface area contributed by atoms with E-state index >= 15 is 0 Å². The molecule has 1 amide bonds. The lowest BCUT2D eigenvalue weighted by Gasteiger charge is -2.20. The van der Waals surface area contributed by atoms with Gasteiger partial charge in [0.2, 0.25) is 5.95 Å². The van der Waals surface area contributed by atoms with E-state index in [1.165, 1.54) is 12.8 Å². The highest BCUT2D eigenvalue weighted by molar-refractivity contribution is 6.02. The highest BCUT2D eigenvalue weighted by atomic mass is 16.1. The third-order valence-electron chi connectivity index (χ3n) is 4.18. The van der Waals surface area contributed by atoms with Gasteiger partial charge in [-0.3, -0.25) is 9.48 Å². The maximum absolute atomic E-state index is 12.5. The van der Waals surface area contributed by atoms with Crippen LogP contribution in [0.5, 0.6) is 0 Å². The van der Waals surface area contributed by atoms with Crippen molar-refractivity contribution in [3.8, 4) is 0 Å². The van der Waals surface area contributed by atoms with E-state index in [0.717, 1.165) is 38.2 Å². The van der Waals surface area contributed by atoms with Crippen LogP contribution in [0.15, 0.2) is 18.5 Å². The van der Waals surface area contributed by atoms with Crippen LogP contribution in [0.3, 0.4) is 0 Å². The van der Waals surface area contributed by atoms with Gasteiger partial charge < -0.3 is 10.2 Å². The zero-order valence-electron chi connectivity index (χ0n) is 14.3. The van der Waals surface area contributed by atoms with E-state index in [1.54, 1.807) is 16.9 Å². The Balaban J connectivity index is 1.78. The molecule has 0 saturated carbocycles. The monoisotopic (exact) mass is 328 g/mol. The van der Waals surface area contributed by atoms with Crippen molar-refractivity contribution in [2.45, 2.75) is 46.1 Å². The summed E-state index contributed by atoms with van der Waals surface area (Å²) in [6.07, 6.45) is 8.24. The van der Waals surface area contributed by atoms with E-state index in [2.05, 4.69) is 25.3 Å². The van der Waals surface area contributed by atoms with Crippen molar-refractivity contribution >= 4 is 17.5 Å². The van der Waals surface area contributed by atoms with Gasteiger partial charge in [-0.25, -0.2) is 9.97 Å². The molecule has 1 N–H and O–H groups in total. The highest BCUT2D eigenvalue weighted by Crippen LogP contribution is 2.17. The van der Waals surface area contributed by atoms with Crippen molar-refractivity contribution in [3.05, 3.63) is 29.8 Å². The van der Waals surface area contributed by atoms with Crippen molar-refractivity contribution in [2.75, 3.05) is 23.3 Å². The van der Waals surface area contributed by atoms with Gasteiger partial charge in [-0.2, -0.15) is 5.10 Å². The predicted molar refractivity (Wildman–Crippen MR) is 93.3 cm³/mol. The molecule has 3 heterocycles. The number of nitrogens with one attached hydrogen (secondary N) is 1. The minimum absolute atomic E-state index is 0.229. The molecule has 3 rings (SSSR count). The number of carbonyl (C=O) groups excluding carboxylic acids is 1. The Hall–Kier alpha value is -2.44. The van der Waals surface area contributed by atoms with Gasteiger partial charge in [-0.1, -0.05) is 12.8 Å². The van der Waals surface area contributed by atoms with Crippen LogP contribution in [0.25, 0.3) is 0 Å². The maximum Gasteiger partial charge on any atom is 0.274 e. The van der Waals surface area contributed by atoms with Gasteiger partial charge in [0.05, 0.1) is 11.9 Å². The van der Waals surface area contributed by atoms with Crippen molar-refractivity contribution < 1.29 is 4.79 Å². The molecule has 0 spiro atoms. The smallest absolute Gasteiger partial charge is 0.274 e. The quantitative estimate of drug-likeness (QED) is 0.934. The zero-order chi connectivity index (χ0) is 16.9. The Labute approximate surface area is 142 Å². The van der Waals surface area contributed by atoms with Crippen LogP contribution in [0.4, 0.5) is 11.6 Å². The van der Waals surface area contributed by atoms with Gasteiger partial charge in [0.1, 0.15) is 5.69 Å². The Bertz CT molecular complexity index is 703. The molecule has 24 heavy (non-hydrogen) atoms. The van der Waals surface area contributed by atoms with Crippen molar-refractivity contribution in [2.24, 2.45) is 0 Å². The second kappa shape index (κ2) is 7.42. The topological polar surface area (TPSA) is 75.9 Å². The van der Waals surface area contributed by atoms with Crippen LogP contribution in [0, 0.1) is 6.92 Å². The second-order valence-corrected chi connectivity index (χ2v) is 6.13. The van der Waals surface area contributed by atoms with Crippen molar-refractivity contribution in [1.29, 1.82) is 0 Å². The molecule has 1 aliphatic rings. The van der Waals surface area contributed by atoms with Gasteiger partial charge >= 0.3 is 0 Å². The van der Waals surface area contributed by atoms with Gasteiger partial charge in [0.25, 0.3) is 5.91 Å². The second-order valence-electron chi connectivity index (χ2n) is 6.13. The number of rotatable bonds is 4. The normalized spacial score (nSPS) is 15.2. The molecule has 0 atom stereocenters. The first-order chi connectivity index (χ1) is 11.7. The number of aryl methyl sites for hydroxylation is 2. The summed E-state index contributed by atoms with van der Waals surface area (Å²) in [4.78, 5) is 23.7. The van der Waals surface area contributed by atoms with E-state index in [4.69, 9.17) is 0 Å². The van der Waals surface area contributed by atoms with E-state index < -0.39 is 0 Å². The predicted octanol–water partition coefficient (Wildman–Crippen LogP) is 2.63. The first-order valence-corrected chi connectivity index (χ1v) is 8.60. The fraction of sp³-hybridized carbons (Fsp3) is 0.529. The molecular weight excluding hydrogens is 304 g/mol. The Kier molecular flexibility index (Phi) is 5.08. The van der Waals surface area contributed by atoms with Gasteiger partial charge in [0, 0.05) is 31.5 Å². The van der Waals surface area contributed by atoms with E-state index in [9.17, 15) is 4.79 Å². The minimum Gasteiger partial charge on any atom is -0.341 e. The van der Waals surface area contributed by atoms with Crippen LogP contribution in [0.1, 0.15) is 48.8 Å². The molecule has 0 radical (unpaired) electrons. The molecule has 2 aromatic rings. The molecule has 7 heteroatoms. The molecule has 7 nitrogen and oxygen atoms in total. The summed E-state index contributed by atoms with van der Waals surface area (Å²) < 4.78 is 1.77. The molecule has 0 aromatic carbocycles. The van der Waals surface area contributed by atoms with E-state index in [1.807, 2.05) is 20.0 Å². The number of carbonyl (C=O) groups is 1. The highest BCUT2D eigenvalue weighted by Gasteiger charge is 2.17. The first kappa shape index (κ1) is 16.4. The van der Waals surface area contributed by atoms with Crippen molar-refractivity contribution in [3.63, 3.8) is 0 Å². The SMILES string of the molecule is CCn1cc(NC(=O)c2cc(C)nc(N3CCCCCC3)n2)cn1. The molecule has 1 saturated heterocycles. The van der Waals surface area contributed by atoms with Crippen molar-refractivity contribution in [1.82, 2.24) is 19.7 Å². The lowest BCUT2D eigenvalue weighted by Crippen LogP contribution is -2.27. The van der Waals surface area contributed by atoms with Crippen LogP contribution in [-0.4, -0.2) is 38.7 Å². The van der Waals surface area contributed by atoms with Gasteiger partial charge in [-0.15, -0.1) is 0 Å². The summed E-state index contributed by atoms with van der Waals surface area (Å²) in [5.41, 5.74) is 1.87. The minimum atomic E-state index is -0.229. The Morgan fingerprint density at radius 3 is 2.62 bits per heavy atom. The summed E-state index contributed by atoms with van der Waals surface area (Å²) in [6.45, 7) is 6.57. The average Bonchev–Trinajstić information content (AvgIpc) is 2.85. The number of hydrogen-bond acceptors (Lipinski definition) is 5. The van der Waals surface area contributed by atoms with Crippen LogP contribution in [-0.2, 0) is 6.54 Å². The number of nitrogens with zero attached hydrogens (tertiary/aromatic N) is 5. The summed E-state index contributed by atoms with van der Waals surface area (Å²) in [5.74, 6) is 0.429. The molecule has 2 aromatic heterocycles. The molecule has 128 valence electrons. The molecule has 0 aliphatic carbocycles.